The molecule has 1 atom stereocenters. The molecule has 3 aliphatic heterocycles. The molecular weight excluding hydrogens is 787 g/mol. The maximum Gasteiger partial charge on any atom is 0.255 e. The fraction of sp³-hybridized carbons (Fsp3) is 0.350. The van der Waals surface area contributed by atoms with Crippen molar-refractivity contribution in [1.82, 2.24) is 25.1 Å². The predicted molar refractivity (Wildman–Crippen MR) is 223 cm³/mol. The summed E-state index contributed by atoms with van der Waals surface area (Å²) < 4.78 is 18.6. The molecule has 0 spiro atoms. The van der Waals surface area contributed by atoms with E-state index in [1.54, 1.807) is 43.2 Å². The maximum absolute atomic E-state index is 13.2. The van der Waals surface area contributed by atoms with Gasteiger partial charge in [0.15, 0.2) is 5.82 Å². The number of fused-ring (bicyclic) bond motifs is 1. The number of hydrogen-bond acceptors (Lipinski definition) is 12. The van der Waals surface area contributed by atoms with Crippen LogP contribution in [-0.2, 0) is 25.5 Å². The molecule has 57 heavy (non-hydrogen) atoms. The topological polar surface area (TPSA) is 166 Å². The van der Waals surface area contributed by atoms with Crippen molar-refractivity contribution in [3.05, 3.63) is 83.0 Å². The summed E-state index contributed by atoms with van der Waals surface area (Å²) in [5.41, 5.74) is 3.76. The zero-order chi connectivity index (χ0) is 40.3. The Balaban J connectivity index is 0.897. The van der Waals surface area contributed by atoms with Gasteiger partial charge in [-0.25, -0.2) is 4.98 Å². The average Bonchev–Trinajstić information content (AvgIpc) is 3.53. The number of piperidine rings is 1. The first-order valence-electron chi connectivity index (χ1n) is 18.7. The quantitative estimate of drug-likeness (QED) is 0.0638. The van der Waals surface area contributed by atoms with Crippen molar-refractivity contribution in [3.63, 3.8) is 0 Å². The number of benzene rings is 3. The van der Waals surface area contributed by atoms with Gasteiger partial charge in [0.05, 0.1) is 24.7 Å². The number of amides is 4. The Hall–Kier alpha value is -5.11. The number of carbonyl (C=O) groups excluding carboxylic acids is 4. The molecular formula is C40H44ClN8O6PS. The van der Waals surface area contributed by atoms with E-state index in [1.807, 2.05) is 59.5 Å². The lowest BCUT2D eigenvalue weighted by Gasteiger charge is -2.36. The number of para-hydroxylation sites is 1. The fourth-order valence-electron chi connectivity index (χ4n) is 7.26. The Labute approximate surface area is 340 Å². The smallest absolute Gasteiger partial charge is 0.255 e. The summed E-state index contributed by atoms with van der Waals surface area (Å²) in [6, 6.07) is 18.2. The summed E-state index contributed by atoms with van der Waals surface area (Å²) in [6.07, 6.45) is 3.14. The van der Waals surface area contributed by atoms with Gasteiger partial charge in [0, 0.05) is 73.1 Å². The van der Waals surface area contributed by atoms with Gasteiger partial charge in [-0.3, -0.25) is 24.5 Å². The predicted octanol–water partition coefficient (Wildman–Crippen LogP) is 5.86. The van der Waals surface area contributed by atoms with E-state index in [9.17, 15) is 23.7 Å². The number of anilines is 5. The second kappa shape index (κ2) is 17.2. The highest BCUT2D eigenvalue weighted by Crippen LogP contribution is 2.39. The third-order valence-electron chi connectivity index (χ3n) is 10.2. The minimum Gasteiger partial charge on any atom is -0.494 e. The second-order valence-corrected chi connectivity index (χ2v) is 19.1. The van der Waals surface area contributed by atoms with Crippen LogP contribution in [-0.4, -0.2) is 102 Å². The van der Waals surface area contributed by atoms with Crippen molar-refractivity contribution in [2.24, 2.45) is 0 Å². The number of thioether (sulfide) groups is 1. The molecule has 1 unspecified atom stereocenters. The molecule has 0 saturated carbocycles. The van der Waals surface area contributed by atoms with Crippen LogP contribution in [0.5, 0.6) is 5.75 Å². The molecule has 4 aromatic rings. The summed E-state index contributed by atoms with van der Waals surface area (Å²) in [4.78, 5) is 66.1. The number of nitrogens with one attached hydrogen (secondary N) is 3. The van der Waals surface area contributed by atoms with Crippen LogP contribution in [0.3, 0.4) is 0 Å². The van der Waals surface area contributed by atoms with Gasteiger partial charge in [-0.05, 0) is 73.9 Å². The van der Waals surface area contributed by atoms with Gasteiger partial charge in [-0.15, -0.1) is 11.8 Å². The second-order valence-electron chi connectivity index (χ2n) is 14.4. The Morgan fingerprint density at radius 1 is 1.02 bits per heavy atom. The molecule has 0 radical (unpaired) electrons. The summed E-state index contributed by atoms with van der Waals surface area (Å²) in [7, 11) is -0.968. The van der Waals surface area contributed by atoms with E-state index in [0.717, 1.165) is 16.1 Å². The van der Waals surface area contributed by atoms with E-state index in [1.165, 1.54) is 6.20 Å². The van der Waals surface area contributed by atoms with Crippen molar-refractivity contribution in [2.45, 2.75) is 43.2 Å². The lowest BCUT2D eigenvalue weighted by Crippen LogP contribution is -2.52. The maximum atomic E-state index is 13.2. The monoisotopic (exact) mass is 830 g/mol. The zero-order valence-electron chi connectivity index (χ0n) is 31.9. The first-order valence-corrected chi connectivity index (χ1v) is 22.7. The number of aromatic nitrogens is 2. The van der Waals surface area contributed by atoms with Gasteiger partial charge in [-0.2, -0.15) is 4.98 Å². The van der Waals surface area contributed by atoms with Gasteiger partial charge >= 0.3 is 0 Å². The normalized spacial score (nSPS) is 17.0. The van der Waals surface area contributed by atoms with Crippen molar-refractivity contribution in [1.29, 1.82) is 0 Å². The van der Waals surface area contributed by atoms with Crippen LogP contribution >= 0.6 is 30.5 Å². The van der Waals surface area contributed by atoms with Crippen molar-refractivity contribution in [3.8, 4) is 5.75 Å². The van der Waals surface area contributed by atoms with Crippen LogP contribution in [0, 0.1) is 0 Å². The lowest BCUT2D eigenvalue weighted by atomic mass is 10.0. The summed E-state index contributed by atoms with van der Waals surface area (Å²) >= 11 is 8.07. The Bertz CT molecular complexity index is 2260. The van der Waals surface area contributed by atoms with Crippen LogP contribution in [0.1, 0.15) is 41.6 Å². The van der Waals surface area contributed by atoms with Gasteiger partial charge in [0.2, 0.25) is 23.7 Å². The van der Waals surface area contributed by atoms with E-state index in [2.05, 4.69) is 30.8 Å². The number of nitrogens with zero attached hydrogens (tertiary/aromatic N) is 5. The van der Waals surface area contributed by atoms with Crippen LogP contribution in [0.25, 0.3) is 0 Å². The number of halogens is 1. The standard InChI is InChI=1S/C40H44ClN8O6PS/c1-55-32-22-25(13-14-29(32)44-40-42-23-28(41)37(46-40)43-30-9-4-5-10-33(30)56(2,3)54)47-17-19-48(20-18-47)36(51)12-7-21-57-34-11-6-8-26-27(34)24-49(39(26)53)31-15-16-35(50)45-38(31)52/h4-6,8-11,13-14,22-23,31H,7,12,15-21,24H2,1-3H3,(H,45,50,52)(H2,42,43,44,46). The highest BCUT2D eigenvalue weighted by molar-refractivity contribution is 7.99. The van der Waals surface area contributed by atoms with Crippen molar-refractivity contribution in [2.75, 3.05) is 67.9 Å². The number of rotatable bonds is 13. The molecule has 3 aliphatic rings. The van der Waals surface area contributed by atoms with Crippen LogP contribution < -0.4 is 30.9 Å². The molecule has 2 fully saturated rings. The molecule has 1 aromatic heterocycles. The highest BCUT2D eigenvalue weighted by atomic mass is 35.5. The molecule has 17 heteroatoms. The minimum atomic E-state index is -2.57. The lowest BCUT2D eigenvalue weighted by molar-refractivity contribution is -0.137. The molecule has 2 saturated heterocycles. The molecule has 7 rings (SSSR count). The Kier molecular flexibility index (Phi) is 12.1. The van der Waals surface area contributed by atoms with Crippen LogP contribution in [0.4, 0.5) is 28.8 Å². The largest absolute Gasteiger partial charge is 0.494 e. The van der Waals surface area contributed by atoms with Crippen LogP contribution in [0.2, 0.25) is 5.02 Å². The van der Waals surface area contributed by atoms with E-state index in [4.69, 9.17) is 16.3 Å². The number of imide groups is 1. The molecule has 298 valence electrons. The third-order valence-corrected chi connectivity index (χ3v) is 13.3. The molecule has 4 heterocycles. The number of hydrogen-bond donors (Lipinski definition) is 3. The molecule has 14 nitrogen and oxygen atoms in total. The minimum absolute atomic E-state index is 0.114. The van der Waals surface area contributed by atoms with E-state index in [-0.39, 0.29) is 24.1 Å². The number of ether oxygens (including phenoxy) is 1. The third kappa shape index (κ3) is 9.06. The summed E-state index contributed by atoms with van der Waals surface area (Å²) in [6.45, 7) is 6.30. The Morgan fingerprint density at radius 2 is 1.81 bits per heavy atom. The van der Waals surface area contributed by atoms with Crippen molar-refractivity contribution < 1.29 is 28.5 Å². The van der Waals surface area contributed by atoms with Crippen LogP contribution in [0.15, 0.2) is 71.8 Å². The first-order chi connectivity index (χ1) is 27.4. The highest BCUT2D eigenvalue weighted by Gasteiger charge is 2.40. The summed E-state index contributed by atoms with van der Waals surface area (Å²) in [5.74, 6) is 1.16. The van der Waals surface area contributed by atoms with E-state index >= 15 is 0 Å². The summed E-state index contributed by atoms with van der Waals surface area (Å²) in [5, 5.41) is 9.80. The molecule has 3 N–H and O–H groups in total. The zero-order valence-corrected chi connectivity index (χ0v) is 34.4. The number of piperazine rings is 1. The molecule has 0 aliphatic carbocycles. The number of methoxy groups -OCH3 is 1. The van der Waals surface area contributed by atoms with E-state index < -0.39 is 19.1 Å². The van der Waals surface area contributed by atoms with E-state index in [0.29, 0.717) is 103 Å². The molecule has 3 aromatic carbocycles. The van der Waals surface area contributed by atoms with Gasteiger partial charge < -0.3 is 34.6 Å². The SMILES string of the molecule is COc1cc(N2CCN(C(=O)CCCSc3cccc4c3CN(C3CCC(=O)NC3=O)C4=O)CC2)ccc1Nc1ncc(Cl)c(Nc2ccccc2P(C)(C)=O)n1. The first kappa shape index (κ1) is 40.1. The van der Waals surface area contributed by atoms with Crippen molar-refractivity contribution >= 4 is 88.3 Å². The van der Waals surface area contributed by atoms with Gasteiger partial charge in [-0.1, -0.05) is 29.8 Å². The fourth-order valence-corrected chi connectivity index (χ4v) is 9.59. The Morgan fingerprint density at radius 3 is 2.56 bits per heavy atom. The molecule has 4 amide bonds. The van der Waals surface area contributed by atoms with Gasteiger partial charge in [0.25, 0.3) is 5.91 Å². The number of carbonyl (C=O) groups is 4. The molecule has 0 bridgehead atoms. The van der Waals surface area contributed by atoms with Gasteiger partial charge in [0.1, 0.15) is 24.0 Å². The average molecular weight is 831 g/mol.